The van der Waals surface area contributed by atoms with Crippen LogP contribution >= 0.6 is 11.3 Å². The van der Waals surface area contributed by atoms with E-state index < -0.39 is 22.0 Å². The van der Waals surface area contributed by atoms with Crippen LogP contribution in [0.2, 0.25) is 0 Å². The lowest BCUT2D eigenvalue weighted by atomic mass is 10.2. The average molecular weight is 288 g/mol. The predicted octanol–water partition coefficient (Wildman–Crippen LogP) is 1.15. The van der Waals surface area contributed by atoms with Crippen molar-refractivity contribution in [3.63, 3.8) is 0 Å². The molecule has 1 heterocycles. The van der Waals surface area contributed by atoms with Crippen molar-refractivity contribution < 1.29 is 18.3 Å². The van der Waals surface area contributed by atoms with E-state index in [-0.39, 0.29) is 15.5 Å². The number of hydrogen-bond acceptors (Lipinski definition) is 5. The number of nitrogens with zero attached hydrogens (tertiary/aromatic N) is 1. The summed E-state index contributed by atoms with van der Waals surface area (Å²) in [5.41, 5.74) is 0. The molecule has 1 aromatic heterocycles. The van der Waals surface area contributed by atoms with Crippen molar-refractivity contribution in [2.45, 2.75) is 30.0 Å². The lowest BCUT2D eigenvalue weighted by Gasteiger charge is -2.12. The molecule has 8 heteroatoms. The highest BCUT2D eigenvalue weighted by molar-refractivity contribution is 7.91. The summed E-state index contributed by atoms with van der Waals surface area (Å²) in [4.78, 5) is 11.1. The van der Waals surface area contributed by atoms with E-state index in [9.17, 15) is 13.2 Å². The van der Waals surface area contributed by atoms with E-state index in [1.54, 1.807) is 6.92 Å². The van der Waals surface area contributed by atoms with Crippen LogP contribution in [0.3, 0.4) is 0 Å². The maximum atomic E-state index is 11.9. The van der Waals surface area contributed by atoms with E-state index in [0.29, 0.717) is 6.42 Å². The van der Waals surface area contributed by atoms with Crippen LogP contribution in [-0.4, -0.2) is 25.5 Å². The minimum Gasteiger partial charge on any atom is -0.480 e. The molecule has 1 rings (SSSR count). The molecule has 0 aliphatic carbocycles. The van der Waals surface area contributed by atoms with Gasteiger partial charge in [-0.1, -0.05) is 13.3 Å². The molecule has 0 amide bonds. The van der Waals surface area contributed by atoms with Gasteiger partial charge in [0.05, 0.1) is 0 Å². The summed E-state index contributed by atoms with van der Waals surface area (Å²) >= 11 is 0.807. The molecule has 98 valence electrons. The minimum atomic E-state index is -3.88. The number of nitrogens with one attached hydrogen (secondary N) is 1. The monoisotopic (exact) mass is 288 g/mol. The van der Waals surface area contributed by atoms with E-state index in [0.717, 1.165) is 11.3 Å². The molecule has 0 aliphatic heterocycles. The van der Waals surface area contributed by atoms with Crippen LogP contribution in [0.15, 0.2) is 16.3 Å². The second-order valence-corrected chi connectivity index (χ2v) is 6.56. The van der Waals surface area contributed by atoms with Crippen molar-refractivity contribution in [1.29, 1.82) is 5.26 Å². The maximum Gasteiger partial charge on any atom is 0.321 e. The largest absolute Gasteiger partial charge is 0.480 e. The fourth-order valence-corrected chi connectivity index (χ4v) is 3.64. The number of aliphatic carboxylic acids is 1. The van der Waals surface area contributed by atoms with Crippen molar-refractivity contribution in [3.05, 3.63) is 17.0 Å². The molecule has 0 spiro atoms. The van der Waals surface area contributed by atoms with Crippen molar-refractivity contribution in [2.75, 3.05) is 0 Å². The van der Waals surface area contributed by atoms with E-state index >= 15 is 0 Å². The first-order valence-corrected chi connectivity index (χ1v) is 7.45. The molecule has 0 aromatic carbocycles. The summed E-state index contributed by atoms with van der Waals surface area (Å²) in [6.07, 6.45) is 0.762. The fraction of sp³-hybridized carbons (Fsp3) is 0.400. The highest BCUT2D eigenvalue weighted by Crippen LogP contribution is 2.21. The number of carbonyl (C=O) groups is 1. The van der Waals surface area contributed by atoms with Crippen LogP contribution in [0.1, 0.15) is 24.6 Å². The Balaban J connectivity index is 2.93. The number of thiophene rings is 1. The van der Waals surface area contributed by atoms with Gasteiger partial charge in [-0.05, 0) is 18.6 Å². The molecular weight excluding hydrogens is 276 g/mol. The Morgan fingerprint density at radius 1 is 1.61 bits per heavy atom. The number of nitriles is 1. The Bertz CT molecular complexity index is 571. The second kappa shape index (κ2) is 5.95. The number of carboxylic acids is 1. The standard InChI is InChI=1S/C10H12N2O4S2/c1-2-3-8(10(13)14)12-18(15,16)9-5-4-7(6-11)17-9/h4-5,8,12H,2-3H2,1H3,(H,13,14)/t8-/m1/s1. The van der Waals surface area contributed by atoms with Gasteiger partial charge in [0.15, 0.2) is 0 Å². The van der Waals surface area contributed by atoms with Gasteiger partial charge in [0.1, 0.15) is 21.2 Å². The SMILES string of the molecule is CCC[C@@H](NS(=O)(=O)c1ccc(C#N)s1)C(=O)O. The smallest absolute Gasteiger partial charge is 0.321 e. The summed E-state index contributed by atoms with van der Waals surface area (Å²) < 4.78 is 25.8. The Morgan fingerprint density at radius 2 is 2.28 bits per heavy atom. The Kier molecular flexibility index (Phi) is 4.84. The summed E-state index contributed by atoms with van der Waals surface area (Å²) in [5.74, 6) is -1.21. The molecule has 2 N–H and O–H groups in total. The molecule has 0 bridgehead atoms. The summed E-state index contributed by atoms with van der Waals surface area (Å²) in [5, 5.41) is 17.5. The summed E-state index contributed by atoms with van der Waals surface area (Å²) in [6.45, 7) is 1.77. The zero-order valence-electron chi connectivity index (χ0n) is 9.58. The van der Waals surface area contributed by atoms with Gasteiger partial charge in [-0.25, -0.2) is 8.42 Å². The van der Waals surface area contributed by atoms with Crippen molar-refractivity contribution in [1.82, 2.24) is 4.72 Å². The topological polar surface area (TPSA) is 107 Å². The number of rotatable bonds is 6. The van der Waals surface area contributed by atoms with Gasteiger partial charge < -0.3 is 5.11 Å². The number of sulfonamides is 1. The first-order chi connectivity index (χ1) is 8.40. The van der Waals surface area contributed by atoms with E-state index in [2.05, 4.69) is 4.72 Å². The number of hydrogen-bond donors (Lipinski definition) is 2. The Morgan fingerprint density at radius 3 is 2.72 bits per heavy atom. The molecule has 18 heavy (non-hydrogen) atoms. The van der Waals surface area contributed by atoms with Gasteiger partial charge >= 0.3 is 5.97 Å². The number of carboxylic acid groups (broad SMARTS) is 1. The minimum absolute atomic E-state index is 0.0543. The maximum absolute atomic E-state index is 11.9. The van der Waals surface area contributed by atoms with Gasteiger partial charge in [-0.2, -0.15) is 9.98 Å². The van der Waals surface area contributed by atoms with Crippen LogP contribution in [0.25, 0.3) is 0 Å². The van der Waals surface area contributed by atoms with Gasteiger partial charge in [0.2, 0.25) is 0 Å². The van der Waals surface area contributed by atoms with Crippen LogP contribution in [0, 0.1) is 11.3 Å². The highest BCUT2D eigenvalue weighted by atomic mass is 32.2. The van der Waals surface area contributed by atoms with E-state index in [1.807, 2.05) is 6.07 Å². The van der Waals surface area contributed by atoms with Gasteiger partial charge in [0.25, 0.3) is 10.0 Å². The molecule has 6 nitrogen and oxygen atoms in total. The van der Waals surface area contributed by atoms with Crippen molar-refractivity contribution in [3.8, 4) is 6.07 Å². The van der Waals surface area contributed by atoms with Gasteiger partial charge in [-0.3, -0.25) is 4.79 Å². The zero-order valence-corrected chi connectivity index (χ0v) is 11.2. The van der Waals surface area contributed by atoms with Gasteiger partial charge in [-0.15, -0.1) is 11.3 Å². The molecular formula is C10H12N2O4S2. The second-order valence-electron chi connectivity index (χ2n) is 3.53. The lowest BCUT2D eigenvalue weighted by Crippen LogP contribution is -2.40. The first-order valence-electron chi connectivity index (χ1n) is 5.15. The third kappa shape index (κ3) is 3.53. The zero-order chi connectivity index (χ0) is 13.8. The molecule has 0 saturated heterocycles. The molecule has 0 radical (unpaired) electrons. The third-order valence-corrected chi connectivity index (χ3v) is 5.08. The molecule has 1 aromatic rings. The fourth-order valence-electron chi connectivity index (χ4n) is 1.29. The summed E-state index contributed by atoms with van der Waals surface area (Å²) in [7, 11) is -3.88. The van der Waals surface area contributed by atoms with Crippen LogP contribution in [-0.2, 0) is 14.8 Å². The first kappa shape index (κ1) is 14.6. The highest BCUT2D eigenvalue weighted by Gasteiger charge is 2.25. The molecule has 1 atom stereocenters. The van der Waals surface area contributed by atoms with Crippen molar-refractivity contribution >= 4 is 27.3 Å². The Hall–Kier alpha value is -1.43. The molecule has 0 saturated carbocycles. The quantitative estimate of drug-likeness (QED) is 0.816. The van der Waals surface area contributed by atoms with Crippen LogP contribution < -0.4 is 4.72 Å². The predicted molar refractivity (Wildman–Crippen MR) is 65.7 cm³/mol. The molecule has 0 fully saturated rings. The average Bonchev–Trinajstić information content (AvgIpc) is 2.77. The van der Waals surface area contributed by atoms with Crippen molar-refractivity contribution in [2.24, 2.45) is 0 Å². The van der Waals surface area contributed by atoms with Crippen LogP contribution in [0.5, 0.6) is 0 Å². The van der Waals surface area contributed by atoms with Crippen LogP contribution in [0.4, 0.5) is 0 Å². The Labute approximate surface area is 109 Å². The third-order valence-electron chi connectivity index (χ3n) is 2.13. The molecule has 0 aliphatic rings. The van der Waals surface area contributed by atoms with E-state index in [4.69, 9.17) is 10.4 Å². The van der Waals surface area contributed by atoms with Gasteiger partial charge in [0, 0.05) is 0 Å². The normalized spacial score (nSPS) is 12.9. The summed E-state index contributed by atoms with van der Waals surface area (Å²) in [6, 6.07) is 3.36. The molecule has 0 unspecified atom stereocenters. The lowest BCUT2D eigenvalue weighted by molar-refractivity contribution is -0.139. The van der Waals surface area contributed by atoms with E-state index in [1.165, 1.54) is 12.1 Å².